The third-order valence-corrected chi connectivity index (χ3v) is 1.83. The number of aryl methyl sites for hydroxylation is 1. The first-order valence-corrected chi connectivity index (χ1v) is 4.44. The number of nitrogens with zero attached hydrogens (tertiary/aromatic N) is 3. The zero-order chi connectivity index (χ0) is 10.7. The molecule has 0 spiro atoms. The first kappa shape index (κ1) is 9.45. The summed E-state index contributed by atoms with van der Waals surface area (Å²) in [6.07, 6.45) is 4.54. The number of carbonyl (C=O) groups excluding carboxylic acids is 1. The largest absolute Gasteiger partial charge is 0.359 e. The van der Waals surface area contributed by atoms with Crippen LogP contribution in [0, 0.1) is 6.92 Å². The van der Waals surface area contributed by atoms with Gasteiger partial charge in [0.25, 0.3) is 0 Å². The highest BCUT2D eigenvalue weighted by atomic mass is 16.5. The summed E-state index contributed by atoms with van der Waals surface area (Å²) in [5.41, 5.74) is 0.793. The Morgan fingerprint density at radius 1 is 1.67 bits per heavy atom. The van der Waals surface area contributed by atoms with Crippen molar-refractivity contribution >= 4 is 6.03 Å². The van der Waals surface area contributed by atoms with Crippen LogP contribution in [0.25, 0.3) is 0 Å². The number of carbonyl (C=O) groups is 1. The normalized spacial score (nSPS) is 10.2. The van der Waals surface area contributed by atoms with E-state index in [4.69, 9.17) is 4.52 Å². The lowest BCUT2D eigenvalue weighted by atomic mass is 10.4. The van der Waals surface area contributed by atoms with Crippen molar-refractivity contribution in [2.75, 3.05) is 0 Å². The van der Waals surface area contributed by atoms with Gasteiger partial charge in [-0.05, 0) is 6.92 Å². The summed E-state index contributed by atoms with van der Waals surface area (Å²) < 4.78 is 6.29. The van der Waals surface area contributed by atoms with Gasteiger partial charge in [0.05, 0.1) is 12.2 Å². The Morgan fingerprint density at radius 3 is 3.13 bits per heavy atom. The second-order valence-electron chi connectivity index (χ2n) is 3.06. The van der Waals surface area contributed by atoms with Gasteiger partial charge in [-0.15, -0.1) is 0 Å². The number of imidazole rings is 1. The van der Waals surface area contributed by atoms with E-state index in [1.54, 1.807) is 12.3 Å². The number of amides is 1. The minimum absolute atomic E-state index is 0.249. The molecule has 1 N–H and O–H groups in total. The summed E-state index contributed by atoms with van der Waals surface area (Å²) >= 11 is 0. The molecule has 1 amide bonds. The molecule has 2 heterocycles. The number of hydrogen-bond acceptors (Lipinski definition) is 4. The van der Waals surface area contributed by atoms with Crippen molar-refractivity contribution in [1.82, 2.24) is 20.0 Å². The Bertz CT molecular complexity index is 446. The summed E-state index contributed by atoms with van der Waals surface area (Å²) in [4.78, 5) is 15.2. The summed E-state index contributed by atoms with van der Waals surface area (Å²) in [6, 6.07) is 1.52. The van der Waals surface area contributed by atoms with Crippen molar-refractivity contribution in [2.45, 2.75) is 13.5 Å². The van der Waals surface area contributed by atoms with Crippen LogP contribution < -0.4 is 5.32 Å². The molecule has 2 rings (SSSR count). The SMILES string of the molecule is Cc1cc(CNC(=O)n2ccnc2)on1. The average Bonchev–Trinajstić information content (AvgIpc) is 2.84. The second-order valence-corrected chi connectivity index (χ2v) is 3.06. The van der Waals surface area contributed by atoms with Crippen LogP contribution in [0.2, 0.25) is 0 Å². The van der Waals surface area contributed by atoms with Gasteiger partial charge in [-0.2, -0.15) is 0 Å². The van der Waals surface area contributed by atoms with Gasteiger partial charge >= 0.3 is 6.03 Å². The molecule has 0 aliphatic heterocycles. The van der Waals surface area contributed by atoms with Gasteiger partial charge in [0.2, 0.25) is 0 Å². The Morgan fingerprint density at radius 2 is 2.53 bits per heavy atom. The molecule has 6 heteroatoms. The highest BCUT2D eigenvalue weighted by molar-refractivity contribution is 5.76. The highest BCUT2D eigenvalue weighted by Gasteiger charge is 2.05. The van der Waals surface area contributed by atoms with E-state index in [0.29, 0.717) is 12.3 Å². The fourth-order valence-electron chi connectivity index (χ4n) is 1.13. The summed E-state index contributed by atoms with van der Waals surface area (Å²) in [5.74, 6) is 0.626. The second kappa shape index (κ2) is 3.95. The van der Waals surface area contributed by atoms with E-state index in [-0.39, 0.29) is 6.03 Å². The Balaban J connectivity index is 1.91. The van der Waals surface area contributed by atoms with Crippen LogP contribution >= 0.6 is 0 Å². The molecule has 0 aliphatic rings. The molecule has 0 bridgehead atoms. The van der Waals surface area contributed by atoms with E-state index >= 15 is 0 Å². The van der Waals surface area contributed by atoms with Gasteiger partial charge in [-0.1, -0.05) is 5.16 Å². The maximum Gasteiger partial charge on any atom is 0.327 e. The van der Waals surface area contributed by atoms with Crippen LogP contribution in [-0.2, 0) is 6.54 Å². The van der Waals surface area contributed by atoms with Crippen LogP contribution in [0.3, 0.4) is 0 Å². The minimum Gasteiger partial charge on any atom is -0.359 e. The molecular weight excluding hydrogens is 196 g/mol. The third kappa shape index (κ3) is 2.22. The minimum atomic E-state index is -0.249. The lowest BCUT2D eigenvalue weighted by Gasteiger charge is -2.01. The molecule has 0 fully saturated rings. The number of aromatic nitrogens is 3. The highest BCUT2D eigenvalue weighted by Crippen LogP contribution is 2.01. The molecule has 0 saturated carbocycles. The van der Waals surface area contributed by atoms with Crippen LogP contribution in [0.5, 0.6) is 0 Å². The zero-order valence-corrected chi connectivity index (χ0v) is 8.17. The first-order chi connectivity index (χ1) is 7.25. The van der Waals surface area contributed by atoms with Crippen molar-refractivity contribution in [3.05, 3.63) is 36.2 Å². The topological polar surface area (TPSA) is 73.0 Å². The van der Waals surface area contributed by atoms with Crippen molar-refractivity contribution < 1.29 is 9.32 Å². The van der Waals surface area contributed by atoms with Crippen LogP contribution in [-0.4, -0.2) is 20.7 Å². The van der Waals surface area contributed by atoms with E-state index in [1.165, 1.54) is 17.1 Å². The maximum atomic E-state index is 11.4. The third-order valence-electron chi connectivity index (χ3n) is 1.83. The molecule has 0 unspecified atom stereocenters. The average molecular weight is 206 g/mol. The van der Waals surface area contributed by atoms with Gasteiger partial charge in [0, 0.05) is 18.5 Å². The van der Waals surface area contributed by atoms with Crippen molar-refractivity contribution in [1.29, 1.82) is 0 Å². The zero-order valence-electron chi connectivity index (χ0n) is 8.17. The molecule has 78 valence electrons. The van der Waals surface area contributed by atoms with Crippen LogP contribution in [0.4, 0.5) is 4.79 Å². The Hall–Kier alpha value is -2.11. The number of hydrogen-bond donors (Lipinski definition) is 1. The van der Waals surface area contributed by atoms with Crippen molar-refractivity contribution in [2.24, 2.45) is 0 Å². The number of rotatable bonds is 2. The molecule has 6 nitrogen and oxygen atoms in total. The standard InChI is InChI=1S/C9H10N4O2/c1-7-4-8(15-12-7)5-11-9(14)13-3-2-10-6-13/h2-4,6H,5H2,1H3,(H,11,14). The first-order valence-electron chi connectivity index (χ1n) is 4.44. The smallest absolute Gasteiger partial charge is 0.327 e. The monoisotopic (exact) mass is 206 g/mol. The van der Waals surface area contributed by atoms with Gasteiger partial charge in [0.1, 0.15) is 6.33 Å². The van der Waals surface area contributed by atoms with Gasteiger partial charge in [-0.25, -0.2) is 9.78 Å². The van der Waals surface area contributed by atoms with E-state index in [9.17, 15) is 4.79 Å². The summed E-state index contributed by atoms with van der Waals surface area (Å²) in [7, 11) is 0. The molecule has 0 radical (unpaired) electrons. The predicted octanol–water partition coefficient (Wildman–Crippen LogP) is 0.937. The summed E-state index contributed by atoms with van der Waals surface area (Å²) in [6.45, 7) is 2.14. The molecule has 0 saturated heterocycles. The predicted molar refractivity (Wildman–Crippen MR) is 51.1 cm³/mol. The van der Waals surface area contributed by atoms with E-state index in [0.717, 1.165) is 5.69 Å². The molecule has 2 aromatic rings. The van der Waals surface area contributed by atoms with Crippen molar-refractivity contribution in [3.63, 3.8) is 0 Å². The Labute approximate surface area is 85.9 Å². The lowest BCUT2D eigenvalue weighted by molar-refractivity contribution is 0.240. The lowest BCUT2D eigenvalue weighted by Crippen LogP contribution is -2.26. The fourth-order valence-corrected chi connectivity index (χ4v) is 1.13. The van der Waals surface area contributed by atoms with E-state index < -0.39 is 0 Å². The van der Waals surface area contributed by atoms with E-state index in [2.05, 4.69) is 15.5 Å². The maximum absolute atomic E-state index is 11.4. The molecule has 0 aliphatic carbocycles. The molecule has 2 aromatic heterocycles. The van der Waals surface area contributed by atoms with Crippen molar-refractivity contribution in [3.8, 4) is 0 Å². The number of nitrogens with one attached hydrogen (secondary N) is 1. The molecule has 0 atom stereocenters. The van der Waals surface area contributed by atoms with Gasteiger partial charge in [0.15, 0.2) is 5.76 Å². The fraction of sp³-hybridized carbons (Fsp3) is 0.222. The quantitative estimate of drug-likeness (QED) is 0.793. The molecule has 15 heavy (non-hydrogen) atoms. The van der Waals surface area contributed by atoms with Crippen LogP contribution in [0.15, 0.2) is 29.3 Å². The van der Waals surface area contributed by atoms with Gasteiger partial charge < -0.3 is 9.84 Å². The molecular formula is C9H10N4O2. The Kier molecular flexibility index (Phi) is 2.49. The van der Waals surface area contributed by atoms with E-state index in [1.807, 2.05) is 6.92 Å². The van der Waals surface area contributed by atoms with Gasteiger partial charge in [-0.3, -0.25) is 4.57 Å². The molecule has 0 aromatic carbocycles. The summed E-state index contributed by atoms with van der Waals surface area (Å²) in [5, 5.41) is 6.38. The van der Waals surface area contributed by atoms with Crippen LogP contribution in [0.1, 0.15) is 11.5 Å².